The first-order chi connectivity index (χ1) is 6.39. The van der Waals surface area contributed by atoms with Crippen molar-refractivity contribution < 1.29 is 4.74 Å². The summed E-state index contributed by atoms with van der Waals surface area (Å²) in [6.45, 7) is 7.71. The predicted octanol–water partition coefficient (Wildman–Crippen LogP) is 2.72. The van der Waals surface area contributed by atoms with Gasteiger partial charge < -0.3 is 5.21 Å². The molecule has 0 N–H and O–H groups in total. The predicted molar refractivity (Wildman–Crippen MR) is 59.7 cm³/mol. The van der Waals surface area contributed by atoms with Crippen molar-refractivity contribution in [1.29, 1.82) is 0 Å². The molecule has 0 spiro atoms. The van der Waals surface area contributed by atoms with E-state index in [2.05, 4.69) is 0 Å². The molecule has 0 heterocycles. The molecule has 0 atom stereocenters. The third kappa shape index (κ3) is 2.87. The van der Waals surface area contributed by atoms with Crippen molar-refractivity contribution in [3.05, 3.63) is 40.6 Å². The van der Waals surface area contributed by atoms with E-state index in [0.717, 1.165) is 10.3 Å². The summed E-state index contributed by atoms with van der Waals surface area (Å²) in [5, 5.41) is 11.6. The standard InChI is InChI=1S/C12H17NO/c1-10-5-7-11(8-6-10)9-13(14)12(2,3)4/h5-9H,1-4H3/b13-9+. The topological polar surface area (TPSA) is 26.1 Å². The van der Waals surface area contributed by atoms with Crippen molar-refractivity contribution in [2.75, 3.05) is 0 Å². The summed E-state index contributed by atoms with van der Waals surface area (Å²) in [4.78, 5) is 0. The minimum absolute atomic E-state index is 0.370. The SMILES string of the molecule is Cc1ccc(/C=[N+](/[O-])C(C)(C)C)cc1. The van der Waals surface area contributed by atoms with Crippen molar-refractivity contribution in [2.45, 2.75) is 33.2 Å². The molecular formula is C12H17NO. The lowest BCUT2D eigenvalue weighted by Crippen LogP contribution is -2.29. The Kier molecular flexibility index (Phi) is 2.94. The lowest BCUT2D eigenvalue weighted by atomic mass is 10.1. The first kappa shape index (κ1) is 10.8. The number of hydrogen-bond acceptors (Lipinski definition) is 1. The van der Waals surface area contributed by atoms with Crippen LogP contribution in [0.5, 0.6) is 0 Å². The van der Waals surface area contributed by atoms with E-state index < -0.39 is 0 Å². The molecular weight excluding hydrogens is 174 g/mol. The van der Waals surface area contributed by atoms with Crippen LogP contribution in [0.15, 0.2) is 24.3 Å². The third-order valence-electron chi connectivity index (χ3n) is 2.00. The number of benzene rings is 1. The second-order valence-electron chi connectivity index (χ2n) is 4.54. The fourth-order valence-electron chi connectivity index (χ4n) is 0.982. The van der Waals surface area contributed by atoms with E-state index in [0.29, 0.717) is 0 Å². The molecule has 0 unspecified atom stereocenters. The molecule has 0 amide bonds. The van der Waals surface area contributed by atoms with Crippen LogP contribution in [-0.2, 0) is 0 Å². The van der Waals surface area contributed by atoms with Gasteiger partial charge in [0.25, 0.3) is 0 Å². The molecule has 0 aliphatic heterocycles. The maximum Gasteiger partial charge on any atom is 0.182 e. The Morgan fingerprint density at radius 3 is 2.07 bits per heavy atom. The van der Waals surface area contributed by atoms with Gasteiger partial charge in [-0.15, -0.1) is 0 Å². The van der Waals surface area contributed by atoms with Gasteiger partial charge in [0.1, 0.15) is 0 Å². The van der Waals surface area contributed by atoms with Crippen LogP contribution in [0.1, 0.15) is 31.9 Å². The zero-order valence-electron chi connectivity index (χ0n) is 9.24. The smallest absolute Gasteiger partial charge is 0.182 e. The molecule has 76 valence electrons. The van der Waals surface area contributed by atoms with Gasteiger partial charge in [0.15, 0.2) is 11.8 Å². The maximum atomic E-state index is 11.6. The monoisotopic (exact) mass is 191 g/mol. The Morgan fingerprint density at radius 1 is 1.14 bits per heavy atom. The fraction of sp³-hybridized carbons (Fsp3) is 0.417. The first-order valence-corrected chi connectivity index (χ1v) is 4.77. The first-order valence-electron chi connectivity index (χ1n) is 4.77. The molecule has 2 nitrogen and oxygen atoms in total. The molecule has 0 aliphatic carbocycles. The van der Waals surface area contributed by atoms with Gasteiger partial charge >= 0.3 is 0 Å². The average molecular weight is 191 g/mol. The zero-order chi connectivity index (χ0) is 10.8. The van der Waals surface area contributed by atoms with Gasteiger partial charge in [-0.3, -0.25) is 0 Å². The number of aryl methyl sites for hydroxylation is 1. The van der Waals surface area contributed by atoms with Crippen LogP contribution in [-0.4, -0.2) is 16.5 Å². The van der Waals surface area contributed by atoms with Crippen molar-refractivity contribution in [2.24, 2.45) is 0 Å². The van der Waals surface area contributed by atoms with Crippen molar-refractivity contribution in [1.82, 2.24) is 0 Å². The highest BCUT2D eigenvalue weighted by Gasteiger charge is 2.17. The van der Waals surface area contributed by atoms with E-state index in [4.69, 9.17) is 0 Å². The van der Waals surface area contributed by atoms with Crippen molar-refractivity contribution in [3.63, 3.8) is 0 Å². The second kappa shape index (κ2) is 3.82. The summed E-state index contributed by atoms with van der Waals surface area (Å²) >= 11 is 0. The van der Waals surface area contributed by atoms with Gasteiger partial charge in [-0.2, -0.15) is 0 Å². The summed E-state index contributed by atoms with van der Waals surface area (Å²) < 4.78 is 0.984. The molecule has 1 rings (SSSR count). The fourth-order valence-corrected chi connectivity index (χ4v) is 0.982. The Morgan fingerprint density at radius 2 is 1.64 bits per heavy atom. The summed E-state index contributed by atoms with van der Waals surface area (Å²) in [5.41, 5.74) is 1.78. The highest BCUT2D eigenvalue weighted by Crippen LogP contribution is 2.06. The van der Waals surface area contributed by atoms with Gasteiger partial charge in [-0.25, -0.2) is 4.74 Å². The van der Waals surface area contributed by atoms with Crippen LogP contribution in [0.25, 0.3) is 0 Å². The second-order valence-corrected chi connectivity index (χ2v) is 4.54. The minimum atomic E-state index is -0.370. The van der Waals surface area contributed by atoms with E-state index in [1.807, 2.05) is 52.0 Å². The number of hydrogen-bond donors (Lipinski definition) is 0. The summed E-state index contributed by atoms with van der Waals surface area (Å²) in [6.07, 6.45) is 1.62. The largest absolute Gasteiger partial charge is 0.623 e. The Bertz CT molecular complexity index is 330. The van der Waals surface area contributed by atoms with Crippen LogP contribution in [0.4, 0.5) is 0 Å². The minimum Gasteiger partial charge on any atom is -0.623 e. The molecule has 0 saturated carbocycles. The Labute approximate surface area is 85.5 Å². The number of rotatable bonds is 1. The molecule has 0 aromatic heterocycles. The Hall–Kier alpha value is -1.31. The zero-order valence-corrected chi connectivity index (χ0v) is 9.24. The van der Waals surface area contributed by atoms with Crippen LogP contribution in [0.2, 0.25) is 0 Å². The molecule has 0 aliphatic rings. The Balaban J connectivity index is 2.93. The van der Waals surface area contributed by atoms with Crippen LogP contribution in [0.3, 0.4) is 0 Å². The number of hydroxylamine groups is 1. The van der Waals surface area contributed by atoms with Crippen molar-refractivity contribution >= 4 is 6.21 Å². The highest BCUT2D eigenvalue weighted by atomic mass is 16.5. The quantitative estimate of drug-likeness (QED) is 0.290. The molecule has 0 radical (unpaired) electrons. The molecule has 1 aromatic carbocycles. The lowest BCUT2D eigenvalue weighted by molar-refractivity contribution is -0.530. The van der Waals surface area contributed by atoms with Gasteiger partial charge in [0.05, 0.1) is 0 Å². The lowest BCUT2D eigenvalue weighted by Gasteiger charge is -2.18. The summed E-state index contributed by atoms with van der Waals surface area (Å²) in [6, 6.07) is 7.91. The highest BCUT2D eigenvalue weighted by molar-refractivity contribution is 5.75. The van der Waals surface area contributed by atoms with E-state index in [1.54, 1.807) is 6.21 Å². The van der Waals surface area contributed by atoms with Crippen LogP contribution < -0.4 is 0 Å². The van der Waals surface area contributed by atoms with E-state index in [1.165, 1.54) is 5.56 Å². The molecule has 0 bridgehead atoms. The number of nitrogens with zero attached hydrogens (tertiary/aromatic N) is 1. The molecule has 2 heteroatoms. The molecule has 0 fully saturated rings. The van der Waals surface area contributed by atoms with E-state index in [9.17, 15) is 5.21 Å². The maximum absolute atomic E-state index is 11.6. The van der Waals surface area contributed by atoms with Gasteiger partial charge in [0, 0.05) is 26.3 Å². The third-order valence-corrected chi connectivity index (χ3v) is 2.00. The van der Waals surface area contributed by atoms with Crippen LogP contribution in [0, 0.1) is 12.1 Å². The van der Waals surface area contributed by atoms with Gasteiger partial charge in [-0.1, -0.05) is 17.7 Å². The van der Waals surface area contributed by atoms with E-state index >= 15 is 0 Å². The molecule has 14 heavy (non-hydrogen) atoms. The molecule has 1 aromatic rings. The van der Waals surface area contributed by atoms with Gasteiger partial charge in [-0.05, 0) is 19.1 Å². The van der Waals surface area contributed by atoms with E-state index in [-0.39, 0.29) is 5.54 Å². The normalized spacial score (nSPS) is 13.0. The average Bonchev–Trinajstić information content (AvgIpc) is 2.07. The molecule has 0 saturated heterocycles. The summed E-state index contributed by atoms with van der Waals surface area (Å²) in [5.74, 6) is 0. The van der Waals surface area contributed by atoms with Crippen LogP contribution >= 0.6 is 0 Å². The van der Waals surface area contributed by atoms with Gasteiger partial charge in [0.2, 0.25) is 0 Å². The van der Waals surface area contributed by atoms with Crippen molar-refractivity contribution in [3.8, 4) is 0 Å². The summed E-state index contributed by atoms with van der Waals surface area (Å²) in [7, 11) is 0.